The van der Waals surface area contributed by atoms with Gasteiger partial charge in [0.2, 0.25) is 0 Å². The van der Waals surface area contributed by atoms with Crippen LogP contribution in [0.5, 0.6) is 0 Å². The number of hydrogen-bond acceptors (Lipinski definition) is 4. The fourth-order valence-corrected chi connectivity index (χ4v) is 2.85. The Morgan fingerprint density at radius 3 is 2.71 bits per heavy atom. The van der Waals surface area contributed by atoms with E-state index in [1.807, 2.05) is 19.1 Å². The number of rotatable bonds is 0. The first kappa shape index (κ1) is 8.17. The van der Waals surface area contributed by atoms with E-state index in [1.54, 1.807) is 6.92 Å². The lowest BCUT2D eigenvalue weighted by Gasteiger charge is -2.26. The van der Waals surface area contributed by atoms with E-state index in [-0.39, 0.29) is 6.10 Å². The Morgan fingerprint density at radius 1 is 1.36 bits per heavy atom. The third-order valence-corrected chi connectivity index (χ3v) is 3.62. The summed E-state index contributed by atoms with van der Waals surface area (Å²) in [5.74, 6) is -1.38. The molecular formula is C10H10O4. The summed E-state index contributed by atoms with van der Waals surface area (Å²) < 4.78 is 10.3. The predicted molar refractivity (Wildman–Crippen MR) is 45.1 cm³/mol. The van der Waals surface area contributed by atoms with Gasteiger partial charge in [-0.15, -0.1) is 0 Å². The van der Waals surface area contributed by atoms with Crippen LogP contribution in [0, 0.1) is 11.3 Å². The molecule has 0 aromatic carbocycles. The lowest BCUT2D eigenvalue weighted by molar-refractivity contribution is -0.159. The Kier molecular flexibility index (Phi) is 1.13. The van der Waals surface area contributed by atoms with Gasteiger partial charge in [0, 0.05) is 0 Å². The van der Waals surface area contributed by atoms with Gasteiger partial charge in [0.05, 0.1) is 11.7 Å². The molecule has 2 saturated heterocycles. The normalized spacial score (nSPS) is 53.9. The van der Waals surface area contributed by atoms with Crippen LogP contribution in [0.3, 0.4) is 0 Å². The number of hydrogen-bond donors (Lipinski definition) is 0. The molecule has 0 amide bonds. The van der Waals surface area contributed by atoms with Crippen LogP contribution in [0.2, 0.25) is 0 Å². The number of carbonyl (C=O) groups is 2. The first-order valence-corrected chi connectivity index (χ1v) is 4.62. The van der Waals surface area contributed by atoms with Gasteiger partial charge in [-0.3, -0.25) is 9.59 Å². The fraction of sp³-hybridized carbons (Fsp3) is 0.600. The molecule has 3 aliphatic heterocycles. The van der Waals surface area contributed by atoms with Gasteiger partial charge in [0.1, 0.15) is 11.3 Å². The highest BCUT2D eigenvalue weighted by atomic mass is 16.6. The minimum Gasteiger partial charge on any atom is -0.392 e. The summed E-state index contributed by atoms with van der Waals surface area (Å²) in [6.45, 7) is 3.56. The molecule has 74 valence electrons. The monoisotopic (exact) mass is 194 g/mol. The molecular weight excluding hydrogens is 184 g/mol. The average molecular weight is 194 g/mol. The van der Waals surface area contributed by atoms with Gasteiger partial charge in [0.25, 0.3) is 0 Å². The molecule has 2 fully saturated rings. The van der Waals surface area contributed by atoms with Crippen molar-refractivity contribution in [3.05, 3.63) is 12.2 Å². The highest BCUT2D eigenvalue weighted by molar-refractivity contribution is 6.01. The molecule has 3 rings (SSSR count). The van der Waals surface area contributed by atoms with Crippen LogP contribution < -0.4 is 0 Å². The van der Waals surface area contributed by atoms with Crippen LogP contribution in [0.25, 0.3) is 0 Å². The summed E-state index contributed by atoms with van der Waals surface area (Å²) in [5, 5.41) is 0. The first-order chi connectivity index (χ1) is 6.48. The van der Waals surface area contributed by atoms with E-state index in [0.29, 0.717) is 0 Å². The maximum atomic E-state index is 11.6. The van der Waals surface area contributed by atoms with E-state index in [2.05, 4.69) is 4.74 Å². The number of cyclic esters (lactones) is 2. The molecule has 0 spiro atoms. The molecule has 0 unspecified atom stereocenters. The largest absolute Gasteiger partial charge is 0.392 e. The summed E-state index contributed by atoms with van der Waals surface area (Å²) in [6, 6.07) is 0. The van der Waals surface area contributed by atoms with Crippen molar-refractivity contribution < 1.29 is 19.1 Å². The molecule has 0 aromatic rings. The van der Waals surface area contributed by atoms with Crippen LogP contribution in [0.4, 0.5) is 0 Å². The van der Waals surface area contributed by atoms with Crippen molar-refractivity contribution in [2.24, 2.45) is 11.3 Å². The van der Waals surface area contributed by atoms with Gasteiger partial charge in [-0.05, 0) is 13.8 Å². The minimum absolute atomic E-state index is 0.309. The van der Waals surface area contributed by atoms with Crippen molar-refractivity contribution >= 4 is 11.9 Å². The second-order valence-electron chi connectivity index (χ2n) is 4.51. The zero-order chi connectivity index (χ0) is 10.1. The van der Waals surface area contributed by atoms with Crippen molar-refractivity contribution in [3.63, 3.8) is 0 Å². The quantitative estimate of drug-likeness (QED) is 0.318. The molecule has 0 radical (unpaired) electrons. The van der Waals surface area contributed by atoms with E-state index in [9.17, 15) is 9.59 Å². The molecule has 3 aliphatic rings. The molecule has 3 heterocycles. The van der Waals surface area contributed by atoms with Crippen LogP contribution >= 0.6 is 0 Å². The second kappa shape index (κ2) is 1.93. The van der Waals surface area contributed by atoms with E-state index in [0.717, 1.165) is 0 Å². The Bertz CT molecular complexity index is 386. The van der Waals surface area contributed by atoms with E-state index in [1.165, 1.54) is 0 Å². The Hall–Kier alpha value is -1.16. The summed E-state index contributed by atoms with van der Waals surface area (Å²) in [7, 11) is 0. The molecule has 0 aliphatic carbocycles. The number of ether oxygens (including phenoxy) is 2. The average Bonchev–Trinajstić information content (AvgIpc) is 2.62. The molecule has 4 nitrogen and oxygen atoms in total. The van der Waals surface area contributed by atoms with E-state index >= 15 is 0 Å². The Morgan fingerprint density at radius 2 is 2.07 bits per heavy atom. The zero-order valence-electron chi connectivity index (χ0n) is 7.94. The maximum Gasteiger partial charge on any atom is 0.323 e. The van der Waals surface area contributed by atoms with Crippen LogP contribution in [-0.4, -0.2) is 23.6 Å². The van der Waals surface area contributed by atoms with Crippen molar-refractivity contribution in [2.45, 2.75) is 25.6 Å². The summed E-state index contributed by atoms with van der Waals surface area (Å²) in [6.07, 6.45) is 3.39. The smallest absolute Gasteiger partial charge is 0.323 e. The standard InChI is InChI=1S/C10H10O4/c1-9-4-3-5(14-9)10(2)6(9)7(11)13-8(10)12/h3-6H,1-2H3/t5-,6+,9+,10-/m0/s1. The minimum atomic E-state index is -0.805. The van der Waals surface area contributed by atoms with Crippen LogP contribution in [-0.2, 0) is 19.1 Å². The number of esters is 2. The summed E-state index contributed by atoms with van der Waals surface area (Å²) >= 11 is 0. The highest BCUT2D eigenvalue weighted by Crippen LogP contribution is 2.58. The van der Waals surface area contributed by atoms with Crippen molar-refractivity contribution in [1.82, 2.24) is 0 Å². The van der Waals surface area contributed by atoms with Gasteiger partial charge in [-0.1, -0.05) is 12.2 Å². The van der Waals surface area contributed by atoms with Crippen LogP contribution in [0.15, 0.2) is 12.2 Å². The maximum absolute atomic E-state index is 11.6. The molecule has 0 aromatic heterocycles. The molecule has 4 atom stereocenters. The fourth-order valence-electron chi connectivity index (χ4n) is 2.85. The van der Waals surface area contributed by atoms with E-state index < -0.39 is 28.9 Å². The SMILES string of the molecule is C[C@@]12C(=O)OC(=O)[C@@H]1[C@@]1(C)C=C[C@@H]2O1. The predicted octanol–water partition coefficient (Wildman–Crippen LogP) is 0.420. The van der Waals surface area contributed by atoms with Gasteiger partial charge in [-0.25, -0.2) is 0 Å². The van der Waals surface area contributed by atoms with Gasteiger partial charge < -0.3 is 9.47 Å². The number of carbonyl (C=O) groups excluding carboxylic acids is 2. The highest BCUT2D eigenvalue weighted by Gasteiger charge is 2.72. The van der Waals surface area contributed by atoms with Crippen molar-refractivity contribution in [3.8, 4) is 0 Å². The first-order valence-electron chi connectivity index (χ1n) is 4.62. The van der Waals surface area contributed by atoms with Gasteiger partial charge in [-0.2, -0.15) is 0 Å². The lowest BCUT2D eigenvalue weighted by atomic mass is 9.67. The summed E-state index contributed by atoms with van der Waals surface area (Å²) in [5.41, 5.74) is -1.46. The molecule has 0 saturated carbocycles. The third kappa shape index (κ3) is 0.600. The third-order valence-electron chi connectivity index (χ3n) is 3.62. The molecule has 0 N–H and O–H groups in total. The second-order valence-corrected chi connectivity index (χ2v) is 4.51. The van der Waals surface area contributed by atoms with E-state index in [4.69, 9.17) is 4.74 Å². The van der Waals surface area contributed by atoms with Crippen LogP contribution in [0.1, 0.15) is 13.8 Å². The Balaban J connectivity index is 2.22. The van der Waals surface area contributed by atoms with Crippen molar-refractivity contribution in [2.75, 3.05) is 0 Å². The topological polar surface area (TPSA) is 52.6 Å². The lowest BCUT2D eigenvalue weighted by Crippen LogP contribution is -2.41. The van der Waals surface area contributed by atoms with Crippen molar-refractivity contribution in [1.29, 1.82) is 0 Å². The Labute approximate surface area is 80.9 Å². The summed E-state index contributed by atoms with van der Waals surface area (Å²) in [4.78, 5) is 23.1. The number of fused-ring (bicyclic) bond motifs is 5. The zero-order valence-corrected chi connectivity index (χ0v) is 7.94. The molecule has 2 bridgehead atoms. The van der Waals surface area contributed by atoms with Gasteiger partial charge >= 0.3 is 11.9 Å². The van der Waals surface area contributed by atoms with Gasteiger partial charge in [0.15, 0.2) is 0 Å². The molecule has 14 heavy (non-hydrogen) atoms. The molecule has 4 heteroatoms.